The minimum Gasteiger partial charge on any atom is -0.393 e. The van der Waals surface area contributed by atoms with Crippen LogP contribution in [-0.4, -0.2) is 54.4 Å². The molecule has 2 aliphatic rings. The highest BCUT2D eigenvalue weighted by molar-refractivity contribution is 5.73. The SMILES string of the molecule is CC(C)CN1CCCC[C@@H]1CNC(=O)NC[C@@H]1CC[C@@H](O)C1. The summed E-state index contributed by atoms with van der Waals surface area (Å²) < 4.78 is 0. The van der Waals surface area contributed by atoms with E-state index in [-0.39, 0.29) is 12.1 Å². The number of nitrogens with one attached hydrogen (secondary N) is 2. The largest absolute Gasteiger partial charge is 0.393 e. The van der Waals surface area contributed by atoms with Crippen LogP contribution in [0.3, 0.4) is 0 Å². The van der Waals surface area contributed by atoms with Crippen molar-refractivity contribution >= 4 is 6.03 Å². The van der Waals surface area contributed by atoms with E-state index >= 15 is 0 Å². The monoisotopic (exact) mass is 311 g/mol. The van der Waals surface area contributed by atoms with Crippen molar-refractivity contribution in [1.82, 2.24) is 15.5 Å². The first-order valence-corrected chi connectivity index (χ1v) is 8.98. The molecule has 1 heterocycles. The maximum Gasteiger partial charge on any atom is 0.314 e. The number of rotatable bonds is 6. The highest BCUT2D eigenvalue weighted by Gasteiger charge is 2.24. The Kier molecular flexibility index (Phi) is 6.96. The molecule has 0 aromatic rings. The van der Waals surface area contributed by atoms with Crippen LogP contribution in [-0.2, 0) is 0 Å². The molecule has 3 N–H and O–H groups in total. The lowest BCUT2D eigenvalue weighted by molar-refractivity contribution is 0.130. The van der Waals surface area contributed by atoms with E-state index in [0.29, 0.717) is 24.4 Å². The number of amides is 2. The van der Waals surface area contributed by atoms with Crippen molar-refractivity contribution in [2.75, 3.05) is 26.2 Å². The average molecular weight is 311 g/mol. The molecule has 0 aromatic heterocycles. The molecule has 1 aliphatic heterocycles. The summed E-state index contributed by atoms with van der Waals surface area (Å²) in [5.74, 6) is 1.11. The minimum atomic E-state index is -0.165. The Labute approximate surface area is 134 Å². The van der Waals surface area contributed by atoms with Gasteiger partial charge in [0.1, 0.15) is 0 Å². The molecule has 0 bridgehead atoms. The summed E-state index contributed by atoms with van der Waals surface area (Å²) in [4.78, 5) is 14.5. The van der Waals surface area contributed by atoms with Crippen LogP contribution in [0, 0.1) is 11.8 Å². The first kappa shape index (κ1) is 17.5. The van der Waals surface area contributed by atoms with Gasteiger partial charge in [0.2, 0.25) is 0 Å². The van der Waals surface area contributed by atoms with E-state index < -0.39 is 0 Å². The van der Waals surface area contributed by atoms with E-state index in [1.807, 2.05) is 0 Å². The van der Waals surface area contributed by atoms with Crippen LogP contribution < -0.4 is 10.6 Å². The number of likely N-dealkylation sites (tertiary alicyclic amines) is 1. The van der Waals surface area contributed by atoms with Gasteiger partial charge in [0.05, 0.1) is 6.10 Å². The summed E-state index contributed by atoms with van der Waals surface area (Å²) in [6.45, 7) is 8.21. The molecule has 2 rings (SSSR count). The molecular weight excluding hydrogens is 278 g/mol. The normalized spacial score (nSPS) is 29.7. The highest BCUT2D eigenvalue weighted by atomic mass is 16.3. The Morgan fingerprint density at radius 2 is 1.95 bits per heavy atom. The fourth-order valence-corrected chi connectivity index (χ4v) is 3.74. The number of carbonyl (C=O) groups is 1. The average Bonchev–Trinajstić information content (AvgIpc) is 2.89. The van der Waals surface area contributed by atoms with E-state index in [1.165, 1.54) is 19.3 Å². The van der Waals surface area contributed by atoms with Crippen LogP contribution >= 0.6 is 0 Å². The van der Waals surface area contributed by atoms with Gasteiger partial charge in [-0.25, -0.2) is 4.79 Å². The smallest absolute Gasteiger partial charge is 0.314 e. The fraction of sp³-hybridized carbons (Fsp3) is 0.941. The third-order valence-corrected chi connectivity index (χ3v) is 4.91. The maximum atomic E-state index is 11.9. The molecule has 0 radical (unpaired) electrons. The predicted octanol–water partition coefficient (Wildman–Crippen LogP) is 1.96. The molecule has 5 heteroatoms. The molecule has 0 spiro atoms. The zero-order valence-corrected chi connectivity index (χ0v) is 14.2. The Hall–Kier alpha value is -0.810. The van der Waals surface area contributed by atoms with Crippen molar-refractivity contribution in [1.29, 1.82) is 0 Å². The lowest BCUT2D eigenvalue weighted by Gasteiger charge is -2.36. The summed E-state index contributed by atoms with van der Waals surface area (Å²) in [5.41, 5.74) is 0. The number of aliphatic hydroxyl groups excluding tert-OH is 1. The van der Waals surface area contributed by atoms with Gasteiger partial charge >= 0.3 is 6.03 Å². The van der Waals surface area contributed by atoms with Crippen LogP contribution in [0.5, 0.6) is 0 Å². The van der Waals surface area contributed by atoms with Gasteiger partial charge in [-0.2, -0.15) is 0 Å². The fourth-order valence-electron chi connectivity index (χ4n) is 3.74. The first-order chi connectivity index (χ1) is 10.5. The third kappa shape index (κ3) is 5.76. The molecule has 0 unspecified atom stereocenters. The van der Waals surface area contributed by atoms with E-state index in [0.717, 1.165) is 38.9 Å². The predicted molar refractivity (Wildman–Crippen MR) is 88.8 cm³/mol. The van der Waals surface area contributed by atoms with E-state index in [9.17, 15) is 9.90 Å². The molecule has 22 heavy (non-hydrogen) atoms. The summed E-state index contributed by atoms with van der Waals surface area (Å²) in [6, 6.07) is 0.423. The molecular formula is C17H33N3O2. The molecule has 1 saturated heterocycles. The zero-order valence-electron chi connectivity index (χ0n) is 14.2. The summed E-state index contributed by atoms with van der Waals surface area (Å²) in [6.07, 6.45) is 6.28. The standard InChI is InChI=1S/C17H33N3O2/c1-13(2)12-20-8-4-3-5-15(20)11-19-17(22)18-10-14-6-7-16(21)9-14/h13-16,21H,3-12H2,1-2H3,(H2,18,19,22)/t14-,15-,16-/m1/s1. The van der Waals surface area contributed by atoms with Gasteiger partial charge in [0.15, 0.2) is 0 Å². The minimum absolute atomic E-state index is 0.0588. The Bertz CT molecular complexity index is 349. The summed E-state index contributed by atoms with van der Waals surface area (Å²) in [5, 5.41) is 15.5. The van der Waals surface area contributed by atoms with Crippen LogP contribution in [0.15, 0.2) is 0 Å². The van der Waals surface area contributed by atoms with E-state index in [1.54, 1.807) is 0 Å². The molecule has 5 nitrogen and oxygen atoms in total. The van der Waals surface area contributed by atoms with Crippen LogP contribution in [0.4, 0.5) is 4.79 Å². The number of hydrogen-bond acceptors (Lipinski definition) is 3. The Morgan fingerprint density at radius 3 is 2.64 bits per heavy atom. The van der Waals surface area contributed by atoms with Crippen molar-refractivity contribution in [3.05, 3.63) is 0 Å². The number of nitrogens with zero attached hydrogens (tertiary/aromatic N) is 1. The molecule has 3 atom stereocenters. The molecule has 0 aromatic carbocycles. The van der Waals surface area contributed by atoms with Gasteiger partial charge in [-0.3, -0.25) is 4.90 Å². The molecule has 128 valence electrons. The van der Waals surface area contributed by atoms with Crippen molar-refractivity contribution in [2.45, 2.75) is 64.5 Å². The zero-order chi connectivity index (χ0) is 15.9. The van der Waals surface area contributed by atoms with Gasteiger partial charge in [0, 0.05) is 25.7 Å². The number of urea groups is 1. The molecule has 1 saturated carbocycles. The van der Waals surface area contributed by atoms with Gasteiger partial charge in [-0.1, -0.05) is 20.3 Å². The van der Waals surface area contributed by atoms with Gasteiger partial charge < -0.3 is 15.7 Å². The lowest BCUT2D eigenvalue weighted by Crippen LogP contribution is -2.49. The van der Waals surface area contributed by atoms with Crippen molar-refractivity contribution in [3.63, 3.8) is 0 Å². The third-order valence-electron chi connectivity index (χ3n) is 4.91. The second-order valence-electron chi connectivity index (χ2n) is 7.46. The number of hydrogen-bond donors (Lipinski definition) is 3. The molecule has 2 fully saturated rings. The first-order valence-electron chi connectivity index (χ1n) is 8.98. The second kappa shape index (κ2) is 8.73. The van der Waals surface area contributed by atoms with Crippen LogP contribution in [0.2, 0.25) is 0 Å². The number of piperidine rings is 1. The lowest BCUT2D eigenvalue weighted by atomic mass is 10.0. The van der Waals surface area contributed by atoms with Crippen molar-refractivity contribution in [2.24, 2.45) is 11.8 Å². The Morgan fingerprint density at radius 1 is 1.18 bits per heavy atom. The van der Waals surface area contributed by atoms with Gasteiger partial charge in [-0.15, -0.1) is 0 Å². The maximum absolute atomic E-state index is 11.9. The Balaban J connectivity index is 1.65. The highest BCUT2D eigenvalue weighted by Crippen LogP contribution is 2.24. The van der Waals surface area contributed by atoms with E-state index in [4.69, 9.17) is 0 Å². The van der Waals surface area contributed by atoms with E-state index in [2.05, 4.69) is 29.4 Å². The summed E-state index contributed by atoms with van der Waals surface area (Å²) in [7, 11) is 0. The topological polar surface area (TPSA) is 64.6 Å². The van der Waals surface area contributed by atoms with Gasteiger partial charge in [-0.05, 0) is 50.5 Å². The molecule has 1 aliphatic carbocycles. The van der Waals surface area contributed by atoms with Crippen molar-refractivity contribution < 1.29 is 9.90 Å². The summed E-state index contributed by atoms with van der Waals surface area (Å²) >= 11 is 0. The molecule has 2 amide bonds. The number of aliphatic hydroxyl groups is 1. The number of carbonyl (C=O) groups excluding carboxylic acids is 1. The van der Waals surface area contributed by atoms with Gasteiger partial charge in [0.25, 0.3) is 0 Å². The quantitative estimate of drug-likeness (QED) is 0.702. The van der Waals surface area contributed by atoms with Crippen LogP contribution in [0.25, 0.3) is 0 Å². The second-order valence-corrected chi connectivity index (χ2v) is 7.46. The van der Waals surface area contributed by atoms with Crippen molar-refractivity contribution in [3.8, 4) is 0 Å². The van der Waals surface area contributed by atoms with Crippen LogP contribution in [0.1, 0.15) is 52.4 Å².